The lowest BCUT2D eigenvalue weighted by atomic mass is 9.80. The molecule has 1 fully saturated rings. The Balaban J connectivity index is 2.06. The van der Waals surface area contributed by atoms with Crippen LogP contribution in [0.15, 0.2) is 6.33 Å². The highest BCUT2D eigenvalue weighted by molar-refractivity contribution is 6.30. The van der Waals surface area contributed by atoms with Crippen LogP contribution in [0.4, 0.5) is 5.82 Å². The molecule has 0 unspecified atom stereocenters. The van der Waals surface area contributed by atoms with Gasteiger partial charge in [-0.3, -0.25) is 0 Å². The predicted octanol–water partition coefficient (Wildman–Crippen LogP) is 2.41. The summed E-state index contributed by atoms with van der Waals surface area (Å²) < 4.78 is 0. The van der Waals surface area contributed by atoms with Gasteiger partial charge in [-0.05, 0) is 25.7 Å². The Morgan fingerprint density at radius 3 is 2.82 bits per heavy atom. The second-order valence-corrected chi connectivity index (χ2v) is 5.03. The number of aromatic nitrogens is 2. The lowest BCUT2D eigenvalue weighted by Crippen LogP contribution is -2.43. The smallest absolute Gasteiger partial charge is 0.137 e. The van der Waals surface area contributed by atoms with Crippen LogP contribution in [0.3, 0.4) is 0 Å². The minimum atomic E-state index is -0.555. The number of anilines is 1. The normalized spacial score (nSPS) is 17.6. The predicted molar refractivity (Wildman–Crippen MR) is 68.3 cm³/mol. The summed E-state index contributed by atoms with van der Waals surface area (Å²) in [6.45, 7) is 2.63. The Morgan fingerprint density at radius 2 is 2.24 bits per heavy atom. The fourth-order valence-corrected chi connectivity index (χ4v) is 2.25. The summed E-state index contributed by atoms with van der Waals surface area (Å²) in [5.74, 6) is 0.757. The fraction of sp³-hybridized carbons (Fsp3) is 0.667. The average molecular weight is 256 g/mol. The highest BCUT2D eigenvalue weighted by Crippen LogP contribution is 2.32. The summed E-state index contributed by atoms with van der Waals surface area (Å²) >= 11 is 6.05. The Labute approximate surface area is 106 Å². The number of nitrogens with zero attached hydrogens (tertiary/aromatic N) is 2. The van der Waals surface area contributed by atoms with Gasteiger partial charge >= 0.3 is 0 Å². The number of hydrogen-bond acceptors (Lipinski definition) is 4. The van der Waals surface area contributed by atoms with E-state index in [2.05, 4.69) is 22.2 Å². The summed E-state index contributed by atoms with van der Waals surface area (Å²) in [5.41, 5.74) is 0.389. The van der Waals surface area contributed by atoms with Crippen molar-refractivity contribution in [3.8, 4) is 0 Å². The summed E-state index contributed by atoms with van der Waals surface area (Å²) in [5, 5.41) is 13.7. The standard InChI is InChI=1S/C12H18ClN3O/c1-2-4-9-10(13)15-8-16-11(9)14-7-12(17)5-3-6-12/h8,17H,2-7H2,1H3,(H,14,15,16). The van der Waals surface area contributed by atoms with E-state index in [1.807, 2.05) is 0 Å². The van der Waals surface area contributed by atoms with Gasteiger partial charge in [-0.15, -0.1) is 0 Å². The number of nitrogens with one attached hydrogen (secondary N) is 1. The van der Waals surface area contributed by atoms with Gasteiger partial charge in [0.2, 0.25) is 0 Å². The minimum Gasteiger partial charge on any atom is -0.388 e. The van der Waals surface area contributed by atoms with Gasteiger partial charge in [-0.1, -0.05) is 24.9 Å². The Hall–Kier alpha value is -0.870. The zero-order valence-electron chi connectivity index (χ0n) is 10.0. The molecule has 94 valence electrons. The van der Waals surface area contributed by atoms with E-state index < -0.39 is 5.60 Å². The van der Waals surface area contributed by atoms with Gasteiger partial charge in [0.1, 0.15) is 17.3 Å². The molecule has 4 nitrogen and oxygen atoms in total. The molecule has 1 saturated carbocycles. The van der Waals surface area contributed by atoms with E-state index in [1.165, 1.54) is 6.33 Å². The van der Waals surface area contributed by atoms with Crippen LogP contribution >= 0.6 is 11.6 Å². The first kappa shape index (κ1) is 12.6. The van der Waals surface area contributed by atoms with Crippen LogP contribution < -0.4 is 5.32 Å². The molecular weight excluding hydrogens is 238 g/mol. The molecule has 1 aliphatic carbocycles. The second-order valence-electron chi connectivity index (χ2n) is 4.67. The maximum atomic E-state index is 10.0. The van der Waals surface area contributed by atoms with Gasteiger partial charge in [0.25, 0.3) is 0 Å². The lowest BCUT2D eigenvalue weighted by molar-refractivity contribution is -0.0202. The van der Waals surface area contributed by atoms with Crippen molar-refractivity contribution < 1.29 is 5.11 Å². The monoisotopic (exact) mass is 255 g/mol. The largest absolute Gasteiger partial charge is 0.388 e. The molecule has 0 bridgehead atoms. The number of rotatable bonds is 5. The maximum Gasteiger partial charge on any atom is 0.137 e. The molecule has 2 rings (SSSR count). The number of halogens is 1. The first-order valence-electron chi connectivity index (χ1n) is 6.10. The Bertz CT molecular complexity index is 393. The molecule has 1 aromatic heterocycles. The van der Waals surface area contributed by atoms with Crippen molar-refractivity contribution >= 4 is 17.4 Å². The van der Waals surface area contributed by atoms with Crippen molar-refractivity contribution in [3.63, 3.8) is 0 Å². The quantitative estimate of drug-likeness (QED) is 0.794. The topological polar surface area (TPSA) is 58.0 Å². The molecule has 0 aliphatic heterocycles. The van der Waals surface area contributed by atoms with Crippen LogP contribution in [0.5, 0.6) is 0 Å². The van der Waals surface area contributed by atoms with Crippen LogP contribution in [0, 0.1) is 0 Å². The average Bonchev–Trinajstić information content (AvgIpc) is 2.28. The molecule has 0 saturated heterocycles. The molecule has 0 amide bonds. The van der Waals surface area contributed by atoms with E-state index in [9.17, 15) is 5.11 Å². The van der Waals surface area contributed by atoms with Crippen molar-refractivity contribution in [2.45, 2.75) is 44.6 Å². The van der Waals surface area contributed by atoms with Crippen molar-refractivity contribution in [2.75, 3.05) is 11.9 Å². The van der Waals surface area contributed by atoms with Crippen LogP contribution in [0.1, 0.15) is 38.2 Å². The molecule has 0 atom stereocenters. The second kappa shape index (κ2) is 5.19. The van der Waals surface area contributed by atoms with Crippen molar-refractivity contribution in [1.82, 2.24) is 9.97 Å². The lowest BCUT2D eigenvalue weighted by Gasteiger charge is -2.36. The Kier molecular flexibility index (Phi) is 3.84. The molecule has 0 radical (unpaired) electrons. The summed E-state index contributed by atoms with van der Waals surface area (Å²) in [6, 6.07) is 0. The van der Waals surface area contributed by atoms with Gasteiger partial charge in [0.05, 0.1) is 5.60 Å². The Morgan fingerprint density at radius 1 is 1.47 bits per heavy atom. The van der Waals surface area contributed by atoms with Gasteiger partial charge < -0.3 is 10.4 Å². The van der Waals surface area contributed by atoms with Crippen molar-refractivity contribution in [2.24, 2.45) is 0 Å². The SMILES string of the molecule is CCCc1c(Cl)ncnc1NCC1(O)CCC1. The molecule has 2 N–H and O–H groups in total. The highest BCUT2D eigenvalue weighted by Gasteiger charge is 2.34. The van der Waals surface area contributed by atoms with E-state index in [-0.39, 0.29) is 0 Å². The third-order valence-electron chi connectivity index (χ3n) is 3.26. The fourth-order valence-electron chi connectivity index (χ4n) is 2.02. The molecule has 17 heavy (non-hydrogen) atoms. The van der Waals surface area contributed by atoms with Crippen LogP contribution in [-0.4, -0.2) is 27.2 Å². The van der Waals surface area contributed by atoms with Crippen LogP contribution in [-0.2, 0) is 6.42 Å². The van der Waals surface area contributed by atoms with E-state index in [4.69, 9.17) is 11.6 Å². The van der Waals surface area contributed by atoms with Gasteiger partial charge in [-0.2, -0.15) is 0 Å². The third-order valence-corrected chi connectivity index (χ3v) is 3.59. The summed E-state index contributed by atoms with van der Waals surface area (Å²) in [6.07, 6.45) is 6.12. The van der Waals surface area contributed by atoms with Gasteiger partial charge in [0, 0.05) is 12.1 Å². The number of hydrogen-bond donors (Lipinski definition) is 2. The van der Waals surface area contributed by atoms with Gasteiger partial charge in [-0.25, -0.2) is 9.97 Å². The van der Waals surface area contributed by atoms with Crippen LogP contribution in [0.25, 0.3) is 0 Å². The minimum absolute atomic E-state index is 0.505. The molecule has 5 heteroatoms. The van der Waals surface area contributed by atoms with E-state index in [0.29, 0.717) is 11.7 Å². The molecule has 0 spiro atoms. The van der Waals surface area contributed by atoms with Crippen molar-refractivity contribution in [3.05, 3.63) is 17.0 Å². The molecule has 0 aromatic carbocycles. The van der Waals surface area contributed by atoms with E-state index in [0.717, 1.165) is 43.5 Å². The first-order valence-corrected chi connectivity index (χ1v) is 6.48. The molecular formula is C12H18ClN3O. The van der Waals surface area contributed by atoms with E-state index in [1.54, 1.807) is 0 Å². The molecule has 1 aliphatic rings. The third kappa shape index (κ3) is 2.87. The number of aliphatic hydroxyl groups is 1. The zero-order chi connectivity index (χ0) is 12.3. The van der Waals surface area contributed by atoms with Crippen molar-refractivity contribution in [1.29, 1.82) is 0 Å². The van der Waals surface area contributed by atoms with E-state index >= 15 is 0 Å². The highest BCUT2D eigenvalue weighted by atomic mass is 35.5. The van der Waals surface area contributed by atoms with Crippen LogP contribution in [0.2, 0.25) is 5.15 Å². The molecule has 1 heterocycles. The summed E-state index contributed by atoms with van der Waals surface area (Å²) in [4.78, 5) is 8.19. The zero-order valence-corrected chi connectivity index (χ0v) is 10.8. The first-order chi connectivity index (χ1) is 8.14. The van der Waals surface area contributed by atoms with Gasteiger partial charge in [0.15, 0.2) is 0 Å². The summed E-state index contributed by atoms with van der Waals surface area (Å²) in [7, 11) is 0. The maximum absolute atomic E-state index is 10.0. The molecule has 1 aromatic rings.